The monoisotopic (exact) mass is 196 g/mol. The van der Waals surface area contributed by atoms with E-state index < -0.39 is 0 Å². The van der Waals surface area contributed by atoms with Crippen molar-refractivity contribution in [2.75, 3.05) is 0 Å². The van der Waals surface area contributed by atoms with Crippen LogP contribution >= 0.6 is 11.6 Å². The summed E-state index contributed by atoms with van der Waals surface area (Å²) in [4.78, 5) is 0. The largest absolute Gasteiger partial charge is 0.123 e. The normalized spacial score (nSPS) is 15.3. The average Bonchev–Trinajstić information content (AvgIpc) is 2.18. The number of rotatable bonds is 4. The van der Waals surface area contributed by atoms with Crippen LogP contribution in [-0.2, 0) is 6.42 Å². The van der Waals surface area contributed by atoms with E-state index in [1.165, 1.54) is 5.56 Å². The van der Waals surface area contributed by atoms with Crippen molar-refractivity contribution in [3.05, 3.63) is 35.9 Å². The number of hydrogen-bond acceptors (Lipinski definition) is 0. The molecule has 1 aromatic carbocycles. The topological polar surface area (TPSA) is 0 Å². The second-order valence-electron chi connectivity index (χ2n) is 3.59. The summed E-state index contributed by atoms with van der Waals surface area (Å²) in [6, 6.07) is 10.5. The third-order valence-electron chi connectivity index (χ3n) is 2.41. The van der Waals surface area contributed by atoms with Gasteiger partial charge in [-0.25, -0.2) is 0 Å². The standard InChI is InChI=1S/C12H17Cl/c1-3-12(13)10(2)9-11-7-5-4-6-8-11/h4-8,10,12H,3,9H2,1-2H3. The van der Waals surface area contributed by atoms with Crippen LogP contribution in [-0.4, -0.2) is 5.38 Å². The Morgan fingerprint density at radius 2 is 1.85 bits per heavy atom. The SMILES string of the molecule is CCC(Cl)C(C)Cc1ccccc1. The lowest BCUT2D eigenvalue weighted by Gasteiger charge is -2.15. The van der Waals surface area contributed by atoms with Gasteiger partial charge in [-0.1, -0.05) is 44.2 Å². The number of halogens is 1. The molecular formula is C12H17Cl. The van der Waals surface area contributed by atoms with E-state index in [0.29, 0.717) is 11.3 Å². The van der Waals surface area contributed by atoms with Crippen molar-refractivity contribution in [2.24, 2.45) is 5.92 Å². The van der Waals surface area contributed by atoms with E-state index in [2.05, 4.69) is 38.1 Å². The molecule has 0 nitrogen and oxygen atoms in total. The first kappa shape index (κ1) is 10.6. The van der Waals surface area contributed by atoms with Gasteiger partial charge in [-0.2, -0.15) is 0 Å². The summed E-state index contributed by atoms with van der Waals surface area (Å²) < 4.78 is 0. The fourth-order valence-electron chi connectivity index (χ4n) is 1.52. The third-order valence-corrected chi connectivity index (χ3v) is 3.15. The molecule has 0 spiro atoms. The molecule has 0 aliphatic rings. The molecule has 2 atom stereocenters. The van der Waals surface area contributed by atoms with Gasteiger partial charge in [0.15, 0.2) is 0 Å². The fourth-order valence-corrected chi connectivity index (χ4v) is 1.61. The molecule has 0 saturated heterocycles. The van der Waals surface area contributed by atoms with Gasteiger partial charge >= 0.3 is 0 Å². The van der Waals surface area contributed by atoms with Gasteiger partial charge in [-0.3, -0.25) is 0 Å². The molecule has 0 amide bonds. The predicted molar refractivity (Wildman–Crippen MR) is 59.2 cm³/mol. The minimum Gasteiger partial charge on any atom is -0.123 e. The van der Waals surface area contributed by atoms with Crippen LogP contribution < -0.4 is 0 Å². The second-order valence-corrected chi connectivity index (χ2v) is 4.15. The first-order chi connectivity index (χ1) is 6.24. The Kier molecular flexibility index (Phi) is 4.31. The lowest BCUT2D eigenvalue weighted by molar-refractivity contribution is 0.531. The van der Waals surface area contributed by atoms with Crippen LogP contribution in [0.25, 0.3) is 0 Å². The summed E-state index contributed by atoms with van der Waals surface area (Å²) in [5.41, 5.74) is 1.38. The van der Waals surface area contributed by atoms with Gasteiger partial charge in [0.2, 0.25) is 0 Å². The van der Waals surface area contributed by atoms with E-state index in [0.717, 1.165) is 12.8 Å². The predicted octanol–water partition coefficient (Wildman–Crippen LogP) is 3.88. The summed E-state index contributed by atoms with van der Waals surface area (Å²) >= 11 is 6.17. The maximum atomic E-state index is 6.17. The first-order valence-electron chi connectivity index (χ1n) is 4.92. The molecule has 0 aromatic heterocycles. The zero-order chi connectivity index (χ0) is 9.68. The number of alkyl halides is 1. The van der Waals surface area contributed by atoms with Gasteiger partial charge in [0.05, 0.1) is 0 Å². The molecule has 0 N–H and O–H groups in total. The fraction of sp³-hybridized carbons (Fsp3) is 0.500. The van der Waals surface area contributed by atoms with E-state index in [-0.39, 0.29) is 0 Å². The lowest BCUT2D eigenvalue weighted by atomic mass is 9.97. The van der Waals surface area contributed by atoms with E-state index in [4.69, 9.17) is 11.6 Å². The van der Waals surface area contributed by atoms with Crippen LogP contribution in [0.4, 0.5) is 0 Å². The van der Waals surface area contributed by atoms with Crippen LogP contribution in [0, 0.1) is 5.92 Å². The quantitative estimate of drug-likeness (QED) is 0.642. The van der Waals surface area contributed by atoms with Crippen molar-refractivity contribution in [3.63, 3.8) is 0 Å². The van der Waals surface area contributed by atoms with Crippen molar-refractivity contribution >= 4 is 11.6 Å². The first-order valence-corrected chi connectivity index (χ1v) is 5.35. The van der Waals surface area contributed by atoms with Gasteiger partial charge in [-0.15, -0.1) is 11.6 Å². The Bertz CT molecular complexity index is 230. The van der Waals surface area contributed by atoms with Crippen LogP contribution in [0.2, 0.25) is 0 Å². The molecule has 1 rings (SSSR count). The van der Waals surface area contributed by atoms with Crippen molar-refractivity contribution in [3.8, 4) is 0 Å². The van der Waals surface area contributed by atoms with E-state index in [9.17, 15) is 0 Å². The van der Waals surface area contributed by atoms with E-state index in [1.807, 2.05) is 6.07 Å². The molecule has 2 unspecified atom stereocenters. The highest BCUT2D eigenvalue weighted by Gasteiger charge is 2.12. The van der Waals surface area contributed by atoms with Crippen molar-refractivity contribution in [2.45, 2.75) is 32.1 Å². The van der Waals surface area contributed by atoms with Gasteiger partial charge in [0, 0.05) is 5.38 Å². The van der Waals surface area contributed by atoms with Crippen molar-refractivity contribution < 1.29 is 0 Å². The minimum absolute atomic E-state index is 0.306. The van der Waals surface area contributed by atoms with Crippen LogP contribution in [0.3, 0.4) is 0 Å². The minimum atomic E-state index is 0.306. The highest BCUT2D eigenvalue weighted by atomic mass is 35.5. The van der Waals surface area contributed by atoms with Crippen LogP contribution in [0.5, 0.6) is 0 Å². The van der Waals surface area contributed by atoms with Gasteiger partial charge in [-0.05, 0) is 24.3 Å². The van der Waals surface area contributed by atoms with Gasteiger partial charge in [0.1, 0.15) is 0 Å². The average molecular weight is 197 g/mol. The lowest BCUT2D eigenvalue weighted by Crippen LogP contribution is -2.12. The molecule has 0 fully saturated rings. The highest BCUT2D eigenvalue weighted by molar-refractivity contribution is 6.20. The van der Waals surface area contributed by atoms with Crippen molar-refractivity contribution in [1.29, 1.82) is 0 Å². The maximum Gasteiger partial charge on any atom is 0.0362 e. The Labute approximate surface area is 85.9 Å². The highest BCUT2D eigenvalue weighted by Crippen LogP contribution is 2.18. The van der Waals surface area contributed by atoms with Gasteiger partial charge < -0.3 is 0 Å². The smallest absolute Gasteiger partial charge is 0.0362 e. The van der Waals surface area contributed by atoms with E-state index >= 15 is 0 Å². The van der Waals surface area contributed by atoms with Crippen LogP contribution in [0.1, 0.15) is 25.8 Å². The number of benzene rings is 1. The molecule has 0 aliphatic carbocycles. The summed E-state index contributed by atoms with van der Waals surface area (Å²) in [6.45, 7) is 4.35. The molecule has 0 radical (unpaired) electrons. The molecule has 0 saturated carbocycles. The Balaban J connectivity index is 2.50. The summed E-state index contributed by atoms with van der Waals surface area (Å²) in [7, 11) is 0. The molecular weight excluding hydrogens is 180 g/mol. The third kappa shape index (κ3) is 3.40. The van der Waals surface area contributed by atoms with Crippen molar-refractivity contribution in [1.82, 2.24) is 0 Å². The second kappa shape index (κ2) is 5.29. The summed E-state index contributed by atoms with van der Waals surface area (Å²) in [5, 5.41) is 0.306. The Hall–Kier alpha value is -0.490. The molecule has 1 heteroatoms. The van der Waals surface area contributed by atoms with Crippen LogP contribution in [0.15, 0.2) is 30.3 Å². The zero-order valence-electron chi connectivity index (χ0n) is 8.33. The molecule has 0 bridgehead atoms. The van der Waals surface area contributed by atoms with E-state index in [1.54, 1.807) is 0 Å². The maximum absolute atomic E-state index is 6.17. The molecule has 0 aliphatic heterocycles. The molecule has 0 heterocycles. The summed E-state index contributed by atoms with van der Waals surface area (Å²) in [5.74, 6) is 0.564. The molecule has 72 valence electrons. The molecule has 13 heavy (non-hydrogen) atoms. The number of hydrogen-bond donors (Lipinski definition) is 0. The Morgan fingerprint density at radius 3 is 2.38 bits per heavy atom. The summed E-state index contributed by atoms with van der Waals surface area (Å²) in [6.07, 6.45) is 2.14. The Morgan fingerprint density at radius 1 is 1.23 bits per heavy atom. The zero-order valence-corrected chi connectivity index (χ0v) is 9.09. The van der Waals surface area contributed by atoms with Gasteiger partial charge in [0.25, 0.3) is 0 Å². The molecule has 1 aromatic rings.